The molecule has 0 saturated carbocycles. The lowest BCUT2D eigenvalue weighted by Crippen LogP contribution is -2.22. The maximum Gasteiger partial charge on any atom is 0.244 e. The van der Waals surface area contributed by atoms with E-state index in [-0.39, 0.29) is 11.8 Å². The molecule has 5 heteroatoms. The zero-order valence-corrected chi connectivity index (χ0v) is 13.1. The van der Waals surface area contributed by atoms with Gasteiger partial charge in [0.05, 0.1) is 5.92 Å². The number of rotatable bonds is 1. The first-order valence-electron chi connectivity index (χ1n) is 7.14. The van der Waals surface area contributed by atoms with Crippen LogP contribution in [0.3, 0.4) is 0 Å². The van der Waals surface area contributed by atoms with E-state index in [1.165, 1.54) is 5.56 Å². The number of nitrogens with two attached hydrogens (primary N) is 1. The Hall–Kier alpha value is -2.74. The molecule has 1 aliphatic heterocycles. The van der Waals surface area contributed by atoms with E-state index in [4.69, 9.17) is 10.5 Å². The van der Waals surface area contributed by atoms with Gasteiger partial charge >= 0.3 is 0 Å². The number of fused-ring (bicyclic) bond motifs is 1. The van der Waals surface area contributed by atoms with Crippen molar-refractivity contribution in [1.29, 1.82) is 5.26 Å². The van der Waals surface area contributed by atoms with Gasteiger partial charge in [0.15, 0.2) is 0 Å². The van der Waals surface area contributed by atoms with E-state index in [1.54, 1.807) is 0 Å². The summed E-state index contributed by atoms with van der Waals surface area (Å²) in [6, 6.07) is 6.46. The second-order valence-corrected chi connectivity index (χ2v) is 5.80. The van der Waals surface area contributed by atoms with Gasteiger partial charge in [0.25, 0.3) is 0 Å². The van der Waals surface area contributed by atoms with Crippen LogP contribution in [0.2, 0.25) is 0 Å². The maximum atomic E-state index is 9.59. The van der Waals surface area contributed by atoms with E-state index in [0.717, 1.165) is 27.9 Å². The number of aromatic amines is 1. The van der Waals surface area contributed by atoms with Gasteiger partial charge in [-0.05, 0) is 44.4 Å². The van der Waals surface area contributed by atoms with Gasteiger partial charge in [-0.25, -0.2) is 0 Å². The van der Waals surface area contributed by atoms with Crippen LogP contribution in [0.1, 0.15) is 39.4 Å². The lowest BCUT2D eigenvalue weighted by atomic mass is 9.79. The van der Waals surface area contributed by atoms with Gasteiger partial charge in [0, 0.05) is 11.3 Å². The highest BCUT2D eigenvalue weighted by Crippen LogP contribution is 2.44. The fourth-order valence-corrected chi connectivity index (χ4v) is 3.33. The molecule has 1 aromatic heterocycles. The Kier molecular flexibility index (Phi) is 3.18. The first-order valence-corrected chi connectivity index (χ1v) is 7.14. The Morgan fingerprint density at radius 2 is 1.82 bits per heavy atom. The molecule has 2 heterocycles. The third-order valence-electron chi connectivity index (χ3n) is 4.16. The molecule has 0 fully saturated rings. The van der Waals surface area contributed by atoms with Crippen LogP contribution >= 0.6 is 0 Å². The molecule has 0 spiro atoms. The molecule has 0 radical (unpaired) electrons. The summed E-state index contributed by atoms with van der Waals surface area (Å²) in [5, 5.41) is 16.7. The molecule has 22 heavy (non-hydrogen) atoms. The maximum absolute atomic E-state index is 9.59. The Morgan fingerprint density at radius 3 is 2.41 bits per heavy atom. The Labute approximate surface area is 129 Å². The molecule has 1 aliphatic rings. The average Bonchev–Trinajstić information content (AvgIpc) is 2.78. The number of aromatic nitrogens is 2. The highest BCUT2D eigenvalue weighted by atomic mass is 16.5. The molecule has 3 rings (SSSR count). The summed E-state index contributed by atoms with van der Waals surface area (Å²) in [7, 11) is 0. The van der Waals surface area contributed by atoms with Crippen LogP contribution in [0.15, 0.2) is 23.6 Å². The van der Waals surface area contributed by atoms with Crippen LogP contribution in [0.5, 0.6) is 5.88 Å². The Morgan fingerprint density at radius 1 is 1.18 bits per heavy atom. The normalized spacial score (nSPS) is 17.0. The number of hydrogen-bond donors (Lipinski definition) is 2. The van der Waals surface area contributed by atoms with Gasteiger partial charge in [-0.1, -0.05) is 17.7 Å². The standard InChI is InChI=1S/C17H18N4O/c1-8-5-9(2)13(10(3)6-8)15-12(7-18)16(19)22-17-14(15)11(4)20-21-17/h5-6,15H,19H2,1-4H3,(H,20,21)/t15-/m0/s1. The average molecular weight is 294 g/mol. The van der Waals surface area contributed by atoms with Crippen molar-refractivity contribution in [2.24, 2.45) is 5.73 Å². The SMILES string of the molecule is Cc1cc(C)c([C@@H]2C(C#N)=C(N)Oc3n[nH]c(C)c32)c(C)c1. The molecule has 1 atom stereocenters. The fraction of sp³-hybridized carbons (Fsp3) is 0.294. The third-order valence-corrected chi connectivity index (χ3v) is 4.16. The number of nitrogens with one attached hydrogen (secondary N) is 1. The smallest absolute Gasteiger partial charge is 0.244 e. The minimum Gasteiger partial charge on any atom is -0.420 e. The van der Waals surface area contributed by atoms with Gasteiger partial charge in [-0.15, -0.1) is 5.10 Å². The van der Waals surface area contributed by atoms with E-state index >= 15 is 0 Å². The van der Waals surface area contributed by atoms with Crippen LogP contribution in [0.4, 0.5) is 0 Å². The summed E-state index contributed by atoms with van der Waals surface area (Å²) in [5.41, 5.74) is 12.7. The minimum absolute atomic E-state index is 0.130. The van der Waals surface area contributed by atoms with Gasteiger partial charge in [0.2, 0.25) is 11.8 Å². The number of allylic oxidation sites excluding steroid dienone is 1. The van der Waals surface area contributed by atoms with Gasteiger partial charge in [-0.2, -0.15) is 5.26 Å². The zero-order valence-electron chi connectivity index (χ0n) is 13.1. The Balaban J connectivity index is 2.33. The molecule has 5 nitrogen and oxygen atoms in total. The molecule has 3 N–H and O–H groups in total. The van der Waals surface area contributed by atoms with Crippen molar-refractivity contribution in [2.75, 3.05) is 0 Å². The van der Waals surface area contributed by atoms with E-state index in [0.29, 0.717) is 11.5 Å². The summed E-state index contributed by atoms with van der Waals surface area (Å²) in [5.74, 6) is 0.345. The van der Waals surface area contributed by atoms with Crippen LogP contribution in [-0.4, -0.2) is 10.2 Å². The van der Waals surface area contributed by atoms with Gasteiger partial charge < -0.3 is 10.5 Å². The molecule has 2 aromatic rings. The summed E-state index contributed by atoms with van der Waals surface area (Å²) < 4.78 is 5.50. The monoisotopic (exact) mass is 294 g/mol. The van der Waals surface area contributed by atoms with Gasteiger partial charge in [0.1, 0.15) is 11.6 Å². The first kappa shape index (κ1) is 14.2. The van der Waals surface area contributed by atoms with Crippen molar-refractivity contribution in [3.8, 4) is 11.9 Å². The van der Waals surface area contributed by atoms with E-state index in [1.807, 2.05) is 6.92 Å². The number of benzene rings is 1. The topological polar surface area (TPSA) is 87.7 Å². The van der Waals surface area contributed by atoms with Crippen molar-refractivity contribution in [1.82, 2.24) is 10.2 Å². The van der Waals surface area contributed by atoms with Crippen LogP contribution in [0.25, 0.3) is 0 Å². The number of ether oxygens (including phenoxy) is 1. The molecular weight excluding hydrogens is 276 g/mol. The molecular formula is C17H18N4O. The van der Waals surface area contributed by atoms with Crippen LogP contribution in [-0.2, 0) is 0 Å². The lowest BCUT2D eigenvalue weighted by molar-refractivity contribution is 0.378. The van der Waals surface area contributed by atoms with E-state index in [2.05, 4.69) is 49.2 Å². The zero-order chi connectivity index (χ0) is 16.0. The first-order chi connectivity index (χ1) is 10.4. The summed E-state index contributed by atoms with van der Waals surface area (Å²) in [4.78, 5) is 0. The highest BCUT2D eigenvalue weighted by Gasteiger charge is 2.35. The molecule has 0 amide bonds. The van der Waals surface area contributed by atoms with Crippen LogP contribution < -0.4 is 10.5 Å². The van der Waals surface area contributed by atoms with E-state index < -0.39 is 0 Å². The van der Waals surface area contributed by atoms with Crippen molar-refractivity contribution >= 4 is 0 Å². The summed E-state index contributed by atoms with van der Waals surface area (Å²) in [6.07, 6.45) is 0. The fourth-order valence-electron chi connectivity index (χ4n) is 3.33. The van der Waals surface area contributed by atoms with Crippen molar-refractivity contribution in [3.63, 3.8) is 0 Å². The number of nitrogens with zero attached hydrogens (tertiary/aromatic N) is 2. The minimum atomic E-state index is -0.243. The second-order valence-electron chi connectivity index (χ2n) is 5.80. The predicted octanol–water partition coefficient (Wildman–Crippen LogP) is 2.86. The quantitative estimate of drug-likeness (QED) is 0.846. The molecule has 0 aliphatic carbocycles. The largest absolute Gasteiger partial charge is 0.420 e. The predicted molar refractivity (Wildman–Crippen MR) is 83.3 cm³/mol. The lowest BCUT2D eigenvalue weighted by Gasteiger charge is -2.26. The van der Waals surface area contributed by atoms with Crippen molar-refractivity contribution < 1.29 is 4.74 Å². The van der Waals surface area contributed by atoms with Crippen LogP contribution in [0, 0.1) is 39.0 Å². The third kappa shape index (κ3) is 1.96. The molecule has 0 bridgehead atoms. The molecule has 0 saturated heterocycles. The highest BCUT2D eigenvalue weighted by molar-refractivity contribution is 5.58. The Bertz CT molecular complexity index is 816. The van der Waals surface area contributed by atoms with E-state index in [9.17, 15) is 5.26 Å². The van der Waals surface area contributed by atoms with Crippen molar-refractivity contribution in [3.05, 3.63) is 57.1 Å². The molecule has 0 unspecified atom stereocenters. The second kappa shape index (κ2) is 4.92. The van der Waals surface area contributed by atoms with Gasteiger partial charge in [-0.3, -0.25) is 5.10 Å². The summed E-state index contributed by atoms with van der Waals surface area (Å²) >= 11 is 0. The number of nitriles is 1. The van der Waals surface area contributed by atoms with Crippen molar-refractivity contribution in [2.45, 2.75) is 33.6 Å². The number of H-pyrrole nitrogens is 1. The molecule has 112 valence electrons. The summed E-state index contributed by atoms with van der Waals surface area (Å²) in [6.45, 7) is 8.12. The number of aryl methyl sites for hydroxylation is 4. The number of hydrogen-bond acceptors (Lipinski definition) is 4. The molecule has 1 aromatic carbocycles.